The van der Waals surface area contributed by atoms with Crippen LogP contribution >= 0.6 is 15.9 Å². The summed E-state index contributed by atoms with van der Waals surface area (Å²) in [7, 11) is 3.97. The van der Waals surface area contributed by atoms with Crippen molar-refractivity contribution in [2.75, 3.05) is 14.1 Å². The number of aliphatic hydroxyl groups excluding tert-OH is 1. The van der Waals surface area contributed by atoms with Crippen LogP contribution in [0.4, 0.5) is 4.39 Å². The van der Waals surface area contributed by atoms with E-state index < -0.39 is 6.10 Å². The number of aliphatic hydroxyl groups is 1. The Balaban J connectivity index is 2.41. The Bertz CT molecular complexity index is 480. The minimum Gasteiger partial charge on any atom is -0.386 e. The molecule has 0 aliphatic heterocycles. The lowest BCUT2D eigenvalue weighted by molar-refractivity contribution is -0.0466. The Morgan fingerprint density at radius 3 is 2.75 bits per heavy atom. The third-order valence-corrected chi connectivity index (χ3v) is 5.30. The van der Waals surface area contributed by atoms with Gasteiger partial charge in [0.2, 0.25) is 0 Å². The van der Waals surface area contributed by atoms with Gasteiger partial charge in [0.15, 0.2) is 0 Å². The second-order valence-electron chi connectivity index (χ2n) is 6.25. The number of benzene rings is 1. The van der Waals surface area contributed by atoms with Gasteiger partial charge >= 0.3 is 0 Å². The van der Waals surface area contributed by atoms with Crippen molar-refractivity contribution in [3.8, 4) is 0 Å². The first-order valence-electron chi connectivity index (χ1n) is 7.18. The first kappa shape index (κ1) is 15.9. The largest absolute Gasteiger partial charge is 0.386 e. The summed E-state index contributed by atoms with van der Waals surface area (Å²) >= 11 is 3.21. The van der Waals surface area contributed by atoms with Gasteiger partial charge in [-0.2, -0.15) is 0 Å². The first-order chi connectivity index (χ1) is 9.38. The van der Waals surface area contributed by atoms with Crippen molar-refractivity contribution in [3.05, 3.63) is 34.1 Å². The molecule has 0 spiro atoms. The Morgan fingerprint density at radius 1 is 1.45 bits per heavy atom. The van der Waals surface area contributed by atoms with E-state index in [2.05, 4.69) is 27.8 Å². The topological polar surface area (TPSA) is 23.5 Å². The predicted molar refractivity (Wildman–Crippen MR) is 83.1 cm³/mol. The maximum Gasteiger partial charge on any atom is 0.143 e. The number of hydrogen-bond donors (Lipinski definition) is 1. The number of nitrogens with zero attached hydrogens (tertiary/aromatic N) is 1. The van der Waals surface area contributed by atoms with Crippen LogP contribution in [0.15, 0.2) is 22.7 Å². The van der Waals surface area contributed by atoms with Crippen LogP contribution in [-0.4, -0.2) is 29.6 Å². The highest BCUT2D eigenvalue weighted by Gasteiger charge is 2.44. The summed E-state index contributed by atoms with van der Waals surface area (Å²) in [4.78, 5) is 2.08. The molecule has 112 valence electrons. The van der Waals surface area contributed by atoms with Crippen LogP contribution in [0.1, 0.15) is 44.3 Å². The first-order valence-corrected chi connectivity index (χ1v) is 7.97. The van der Waals surface area contributed by atoms with Gasteiger partial charge in [-0.05, 0) is 54.9 Å². The maximum absolute atomic E-state index is 14.3. The van der Waals surface area contributed by atoms with E-state index in [1.807, 2.05) is 14.1 Å². The summed E-state index contributed by atoms with van der Waals surface area (Å²) in [5.74, 6) is 0.204. The third kappa shape index (κ3) is 2.78. The molecular formula is C16H23BrFNO. The standard InChI is InChI=1S/C16H23BrFNO/c1-11-6-5-9-16(10-11,19(2)3)15(20)12-7-4-8-13(17)14(12)18/h4,7-8,11,15,20H,5-6,9-10H2,1-3H3. The predicted octanol–water partition coefficient (Wildman–Crippen LogP) is 4.13. The summed E-state index contributed by atoms with van der Waals surface area (Å²) in [5, 5.41) is 10.9. The van der Waals surface area contributed by atoms with Crippen LogP contribution in [0.25, 0.3) is 0 Å². The molecule has 1 aliphatic carbocycles. The Morgan fingerprint density at radius 2 is 2.15 bits per heavy atom. The Labute approximate surface area is 129 Å². The molecule has 2 rings (SSSR count). The van der Waals surface area contributed by atoms with E-state index in [4.69, 9.17) is 0 Å². The summed E-state index contributed by atoms with van der Waals surface area (Å²) in [6, 6.07) is 5.13. The van der Waals surface area contributed by atoms with Gasteiger partial charge in [-0.25, -0.2) is 4.39 Å². The summed E-state index contributed by atoms with van der Waals surface area (Å²) in [6.45, 7) is 2.21. The van der Waals surface area contributed by atoms with Crippen LogP contribution in [0.2, 0.25) is 0 Å². The smallest absolute Gasteiger partial charge is 0.143 e. The minimum atomic E-state index is -0.808. The SMILES string of the molecule is CC1CCCC(C(O)c2cccc(Br)c2F)(N(C)C)C1. The molecule has 2 nitrogen and oxygen atoms in total. The molecule has 3 atom stereocenters. The fraction of sp³-hybridized carbons (Fsp3) is 0.625. The van der Waals surface area contributed by atoms with E-state index in [0.717, 1.165) is 19.3 Å². The highest BCUT2D eigenvalue weighted by Crippen LogP contribution is 2.44. The van der Waals surface area contributed by atoms with Gasteiger partial charge in [-0.1, -0.05) is 31.9 Å². The molecule has 1 aromatic rings. The van der Waals surface area contributed by atoms with Crippen molar-refractivity contribution >= 4 is 15.9 Å². The monoisotopic (exact) mass is 343 g/mol. The molecule has 0 radical (unpaired) electrons. The zero-order chi connectivity index (χ0) is 14.9. The normalized spacial score (nSPS) is 28.6. The molecule has 1 saturated carbocycles. The minimum absolute atomic E-state index is 0.348. The maximum atomic E-state index is 14.3. The second-order valence-corrected chi connectivity index (χ2v) is 7.10. The van der Waals surface area contributed by atoms with Gasteiger partial charge in [-0.15, -0.1) is 0 Å². The van der Waals surface area contributed by atoms with Crippen molar-refractivity contribution < 1.29 is 9.50 Å². The number of likely N-dealkylation sites (N-methyl/N-ethyl adjacent to an activating group) is 1. The molecule has 3 unspecified atom stereocenters. The molecule has 1 fully saturated rings. The molecule has 0 saturated heterocycles. The summed E-state index contributed by atoms with van der Waals surface area (Å²) in [6.07, 6.45) is 3.25. The van der Waals surface area contributed by atoms with E-state index in [0.29, 0.717) is 16.0 Å². The van der Waals surface area contributed by atoms with E-state index in [1.54, 1.807) is 18.2 Å². The van der Waals surface area contributed by atoms with Gasteiger partial charge in [0, 0.05) is 5.56 Å². The number of halogens is 2. The summed E-state index contributed by atoms with van der Waals surface area (Å²) in [5.41, 5.74) is 0.0152. The zero-order valence-corrected chi connectivity index (χ0v) is 14.0. The molecule has 1 N–H and O–H groups in total. The fourth-order valence-corrected chi connectivity index (χ4v) is 3.87. The average Bonchev–Trinajstić information content (AvgIpc) is 2.40. The second kappa shape index (κ2) is 6.12. The van der Waals surface area contributed by atoms with Gasteiger partial charge in [-0.3, -0.25) is 0 Å². The molecule has 1 aromatic carbocycles. The zero-order valence-electron chi connectivity index (χ0n) is 12.4. The molecule has 0 heterocycles. The Hall–Kier alpha value is -0.450. The van der Waals surface area contributed by atoms with Crippen LogP contribution < -0.4 is 0 Å². The molecule has 1 aliphatic rings. The van der Waals surface area contributed by atoms with Crippen molar-refractivity contribution in [3.63, 3.8) is 0 Å². The fourth-order valence-electron chi connectivity index (χ4n) is 3.48. The summed E-state index contributed by atoms with van der Waals surface area (Å²) < 4.78 is 14.7. The molecule has 4 heteroatoms. The molecule has 0 amide bonds. The quantitative estimate of drug-likeness (QED) is 0.891. The molecular weight excluding hydrogens is 321 g/mol. The lowest BCUT2D eigenvalue weighted by Crippen LogP contribution is -2.52. The highest BCUT2D eigenvalue weighted by molar-refractivity contribution is 9.10. The van der Waals surface area contributed by atoms with Crippen molar-refractivity contribution in [1.29, 1.82) is 0 Å². The van der Waals surface area contributed by atoms with Gasteiger partial charge in [0.1, 0.15) is 11.9 Å². The van der Waals surface area contributed by atoms with Crippen molar-refractivity contribution in [2.24, 2.45) is 5.92 Å². The van der Waals surface area contributed by atoms with Crippen molar-refractivity contribution in [2.45, 2.75) is 44.2 Å². The molecule has 0 aromatic heterocycles. The van der Waals surface area contributed by atoms with Crippen molar-refractivity contribution in [1.82, 2.24) is 4.90 Å². The Kier molecular flexibility index (Phi) is 4.88. The number of rotatable bonds is 3. The lowest BCUT2D eigenvalue weighted by Gasteiger charge is -2.48. The van der Waals surface area contributed by atoms with E-state index in [-0.39, 0.29) is 11.4 Å². The van der Waals surface area contributed by atoms with Crippen LogP contribution in [0.3, 0.4) is 0 Å². The van der Waals surface area contributed by atoms with Crippen LogP contribution in [-0.2, 0) is 0 Å². The van der Waals surface area contributed by atoms with Crippen LogP contribution in [0.5, 0.6) is 0 Å². The lowest BCUT2D eigenvalue weighted by atomic mass is 9.70. The molecule has 20 heavy (non-hydrogen) atoms. The van der Waals surface area contributed by atoms with Gasteiger partial charge in [0.25, 0.3) is 0 Å². The van der Waals surface area contributed by atoms with E-state index >= 15 is 0 Å². The van der Waals surface area contributed by atoms with E-state index in [1.165, 1.54) is 6.42 Å². The van der Waals surface area contributed by atoms with Crippen LogP contribution in [0, 0.1) is 11.7 Å². The van der Waals surface area contributed by atoms with E-state index in [9.17, 15) is 9.50 Å². The van der Waals surface area contributed by atoms with Gasteiger partial charge in [0.05, 0.1) is 10.0 Å². The third-order valence-electron chi connectivity index (χ3n) is 4.68. The molecule has 0 bridgehead atoms. The number of hydrogen-bond acceptors (Lipinski definition) is 2. The highest BCUT2D eigenvalue weighted by atomic mass is 79.9. The van der Waals surface area contributed by atoms with Gasteiger partial charge < -0.3 is 10.0 Å². The average molecular weight is 344 g/mol.